The van der Waals surface area contributed by atoms with Crippen LogP contribution in [0.1, 0.15) is 25.7 Å². The van der Waals surface area contributed by atoms with Gasteiger partial charge in [0.15, 0.2) is 0 Å². The van der Waals surface area contributed by atoms with Gasteiger partial charge >= 0.3 is 17.6 Å². The van der Waals surface area contributed by atoms with Crippen molar-refractivity contribution in [3.63, 3.8) is 0 Å². The van der Waals surface area contributed by atoms with Crippen LogP contribution >= 0.6 is 11.6 Å². The third-order valence-electron chi connectivity index (χ3n) is 3.53. The molecule has 7 heteroatoms. The number of hydrogen-bond acceptors (Lipinski definition) is 3. The molecular formula is C13H10ClFN2O3. The Bertz CT molecular complexity index is 621. The van der Waals surface area contributed by atoms with Gasteiger partial charge in [0, 0.05) is 6.07 Å². The van der Waals surface area contributed by atoms with E-state index < -0.39 is 23.4 Å². The summed E-state index contributed by atoms with van der Waals surface area (Å²) in [6.45, 7) is 0. The van der Waals surface area contributed by atoms with Crippen molar-refractivity contribution in [3.05, 3.63) is 39.5 Å². The number of nitrogens with zero attached hydrogens (tertiary/aromatic N) is 2. The van der Waals surface area contributed by atoms with Crippen molar-refractivity contribution in [3.8, 4) is 0 Å². The van der Waals surface area contributed by atoms with Crippen LogP contribution in [0, 0.1) is 11.0 Å². The third-order valence-corrected chi connectivity index (χ3v) is 3.74. The molecule has 1 aliphatic carbocycles. The van der Waals surface area contributed by atoms with E-state index in [0.717, 1.165) is 25.1 Å². The van der Waals surface area contributed by atoms with Crippen LogP contribution in [0.3, 0.4) is 0 Å². The summed E-state index contributed by atoms with van der Waals surface area (Å²) in [5.41, 5.74) is 0.797. The molecule has 0 N–H and O–H groups in total. The van der Waals surface area contributed by atoms with Crippen molar-refractivity contribution in [1.29, 1.82) is 0 Å². The summed E-state index contributed by atoms with van der Waals surface area (Å²) in [6.07, 6.45) is 3.52. The van der Waals surface area contributed by atoms with Gasteiger partial charge in [0.1, 0.15) is 6.20 Å². The number of anilines is 1. The second-order valence-corrected chi connectivity index (χ2v) is 5.20. The Morgan fingerprint density at radius 2 is 1.75 bits per heavy atom. The van der Waals surface area contributed by atoms with Gasteiger partial charge in [-0.25, -0.2) is 14.3 Å². The largest absolute Gasteiger partial charge is 0.710 e. The second kappa shape index (κ2) is 4.56. The Balaban J connectivity index is 2.10. The molecule has 0 unspecified atom stereocenters. The number of carbonyl (C=O) groups is 2. The Labute approximate surface area is 118 Å². The molecule has 0 atom stereocenters. The van der Waals surface area contributed by atoms with Crippen molar-refractivity contribution in [1.82, 2.24) is 0 Å². The molecule has 0 saturated heterocycles. The zero-order valence-electron chi connectivity index (χ0n) is 10.4. The first-order valence-corrected chi connectivity index (χ1v) is 6.57. The summed E-state index contributed by atoms with van der Waals surface area (Å²) in [6, 6.07) is 0.906. The SMILES string of the molecule is O=C1C2=C(CCCC2)C(=O)N1c1c(F)cc(Cl)c[n+]1[O-]. The Morgan fingerprint density at radius 3 is 2.25 bits per heavy atom. The van der Waals surface area contributed by atoms with Crippen molar-refractivity contribution >= 4 is 29.2 Å². The maximum Gasteiger partial charge on any atom is 0.345 e. The fourth-order valence-electron chi connectivity index (χ4n) is 2.64. The normalized spacial score (nSPS) is 18.8. The minimum absolute atomic E-state index is 0.0990. The first-order valence-electron chi connectivity index (χ1n) is 6.19. The average Bonchev–Trinajstić information content (AvgIpc) is 2.64. The first-order chi connectivity index (χ1) is 9.50. The monoisotopic (exact) mass is 296 g/mol. The molecule has 5 nitrogen and oxygen atoms in total. The lowest BCUT2D eigenvalue weighted by atomic mass is 9.93. The van der Waals surface area contributed by atoms with Gasteiger partial charge < -0.3 is 5.21 Å². The summed E-state index contributed by atoms with van der Waals surface area (Å²) in [5, 5.41) is 11.7. The van der Waals surface area contributed by atoms with Crippen LogP contribution in [0.25, 0.3) is 0 Å². The third kappa shape index (κ3) is 1.79. The zero-order valence-corrected chi connectivity index (χ0v) is 11.1. The van der Waals surface area contributed by atoms with E-state index in [2.05, 4.69) is 0 Å². The first kappa shape index (κ1) is 13.1. The molecule has 0 radical (unpaired) electrons. The van der Waals surface area contributed by atoms with Gasteiger partial charge in [0.2, 0.25) is 5.82 Å². The van der Waals surface area contributed by atoms with Gasteiger partial charge in [-0.3, -0.25) is 0 Å². The minimum Gasteiger partial charge on any atom is -0.710 e. The molecule has 1 aromatic rings. The maximum absolute atomic E-state index is 13.9. The highest BCUT2D eigenvalue weighted by Gasteiger charge is 2.48. The van der Waals surface area contributed by atoms with Crippen LogP contribution in [0.2, 0.25) is 5.02 Å². The number of aromatic nitrogens is 1. The number of pyridine rings is 1. The Kier molecular flexibility index (Phi) is 2.97. The zero-order chi connectivity index (χ0) is 14.4. The van der Waals surface area contributed by atoms with Gasteiger partial charge in [-0.05, 0) is 25.7 Å². The summed E-state index contributed by atoms with van der Waals surface area (Å²) in [7, 11) is 0. The predicted octanol–water partition coefficient (Wildman–Crippen LogP) is 1.86. The quantitative estimate of drug-likeness (QED) is 0.451. The van der Waals surface area contributed by atoms with Gasteiger partial charge in [-0.1, -0.05) is 11.6 Å². The van der Waals surface area contributed by atoms with Crippen LogP contribution in [0.15, 0.2) is 23.4 Å². The van der Waals surface area contributed by atoms with Crippen LogP contribution in [0.5, 0.6) is 0 Å². The molecule has 1 aliphatic heterocycles. The molecule has 3 rings (SSSR count). The molecule has 0 aromatic carbocycles. The standard InChI is InChI=1S/C13H10ClFN2O3/c14-7-5-10(15)11(16(20)6-7)17-12(18)8-3-1-2-4-9(8)13(17)19/h5-6H,1-4H2. The fourth-order valence-corrected chi connectivity index (χ4v) is 2.82. The van der Waals surface area contributed by atoms with Gasteiger partial charge in [-0.2, -0.15) is 4.39 Å². The molecule has 104 valence electrons. The molecular weight excluding hydrogens is 287 g/mol. The number of hydrogen-bond donors (Lipinski definition) is 0. The summed E-state index contributed by atoms with van der Waals surface area (Å²) in [5.74, 6) is -2.81. The molecule has 2 aliphatic rings. The highest BCUT2D eigenvalue weighted by molar-refractivity contribution is 6.33. The summed E-state index contributed by atoms with van der Waals surface area (Å²) >= 11 is 5.56. The van der Waals surface area contributed by atoms with E-state index in [1.165, 1.54) is 0 Å². The lowest BCUT2D eigenvalue weighted by Gasteiger charge is -2.14. The topological polar surface area (TPSA) is 64.3 Å². The van der Waals surface area contributed by atoms with Crippen molar-refractivity contribution in [2.45, 2.75) is 25.7 Å². The van der Waals surface area contributed by atoms with E-state index in [9.17, 15) is 19.2 Å². The summed E-state index contributed by atoms with van der Waals surface area (Å²) < 4.78 is 14.0. The van der Waals surface area contributed by atoms with Crippen LogP contribution in [0.4, 0.5) is 10.2 Å². The fraction of sp³-hybridized carbons (Fsp3) is 0.308. The number of imide groups is 1. The molecule has 0 bridgehead atoms. The van der Waals surface area contributed by atoms with Crippen molar-refractivity contribution in [2.24, 2.45) is 0 Å². The van der Waals surface area contributed by atoms with E-state index in [4.69, 9.17) is 11.6 Å². The number of halogens is 2. The molecule has 0 saturated carbocycles. The molecule has 0 spiro atoms. The Hall–Kier alpha value is -1.95. The molecule has 2 amide bonds. The van der Waals surface area contributed by atoms with Crippen LogP contribution in [-0.2, 0) is 9.59 Å². The maximum atomic E-state index is 13.9. The summed E-state index contributed by atoms with van der Waals surface area (Å²) in [4.78, 5) is 25.1. The number of rotatable bonds is 1. The number of carbonyl (C=O) groups excluding carboxylic acids is 2. The molecule has 20 heavy (non-hydrogen) atoms. The lowest BCUT2D eigenvalue weighted by molar-refractivity contribution is -0.592. The Morgan fingerprint density at radius 1 is 1.20 bits per heavy atom. The lowest BCUT2D eigenvalue weighted by Crippen LogP contribution is -2.43. The second-order valence-electron chi connectivity index (χ2n) is 4.77. The highest BCUT2D eigenvalue weighted by Crippen LogP contribution is 2.35. The molecule has 1 aromatic heterocycles. The van der Waals surface area contributed by atoms with Gasteiger partial charge in [0.05, 0.1) is 16.2 Å². The van der Waals surface area contributed by atoms with Crippen LogP contribution in [-0.4, -0.2) is 11.8 Å². The van der Waals surface area contributed by atoms with E-state index in [-0.39, 0.29) is 9.75 Å². The average molecular weight is 297 g/mol. The molecule has 0 fully saturated rings. The minimum atomic E-state index is -0.992. The van der Waals surface area contributed by atoms with Gasteiger partial charge in [-0.15, -0.1) is 4.90 Å². The number of amides is 2. The van der Waals surface area contributed by atoms with E-state index in [1.807, 2.05) is 0 Å². The van der Waals surface area contributed by atoms with Crippen LogP contribution < -0.4 is 9.63 Å². The van der Waals surface area contributed by atoms with E-state index >= 15 is 0 Å². The van der Waals surface area contributed by atoms with Crippen molar-refractivity contribution < 1.29 is 18.7 Å². The van der Waals surface area contributed by atoms with E-state index in [1.54, 1.807) is 0 Å². The van der Waals surface area contributed by atoms with Gasteiger partial charge in [0.25, 0.3) is 0 Å². The predicted molar refractivity (Wildman–Crippen MR) is 68.4 cm³/mol. The highest BCUT2D eigenvalue weighted by atomic mass is 35.5. The molecule has 2 heterocycles. The smallest absolute Gasteiger partial charge is 0.345 e. The van der Waals surface area contributed by atoms with Crippen molar-refractivity contribution in [2.75, 3.05) is 4.90 Å². The van der Waals surface area contributed by atoms with E-state index in [0.29, 0.717) is 28.9 Å².